The van der Waals surface area contributed by atoms with E-state index in [4.69, 9.17) is 4.74 Å². The topological polar surface area (TPSA) is 43.4 Å². The van der Waals surface area contributed by atoms with Crippen molar-refractivity contribution in [1.82, 2.24) is 0 Å². The Morgan fingerprint density at radius 3 is 2.58 bits per heavy atom. The van der Waals surface area contributed by atoms with Crippen LogP contribution in [0.2, 0.25) is 0 Å². The van der Waals surface area contributed by atoms with E-state index in [1.807, 2.05) is 26.0 Å². The second-order valence-corrected chi connectivity index (χ2v) is 6.99. The molecule has 0 radical (unpaired) electrons. The van der Waals surface area contributed by atoms with Crippen LogP contribution < -0.4 is 0 Å². The fourth-order valence-corrected chi connectivity index (χ4v) is 3.51. The van der Waals surface area contributed by atoms with Gasteiger partial charge >= 0.3 is 0 Å². The third-order valence-corrected chi connectivity index (χ3v) is 4.98. The quantitative estimate of drug-likeness (QED) is 0.795. The van der Waals surface area contributed by atoms with Gasteiger partial charge in [-0.3, -0.25) is 0 Å². The van der Waals surface area contributed by atoms with Crippen molar-refractivity contribution in [3.63, 3.8) is 0 Å². The molecular formula is C15H18O3S. The lowest BCUT2D eigenvalue weighted by molar-refractivity contribution is 0.260. The van der Waals surface area contributed by atoms with E-state index in [1.165, 1.54) is 0 Å². The van der Waals surface area contributed by atoms with Gasteiger partial charge in [0.25, 0.3) is 0 Å². The second-order valence-electron chi connectivity index (χ2n) is 5.00. The maximum atomic E-state index is 12.3. The minimum absolute atomic E-state index is 0.00636. The van der Waals surface area contributed by atoms with Crippen LogP contribution in [0.5, 0.6) is 0 Å². The summed E-state index contributed by atoms with van der Waals surface area (Å²) in [6.45, 7) is 8.21. The summed E-state index contributed by atoms with van der Waals surface area (Å²) in [6.07, 6.45) is 1.56. The Bertz CT molecular complexity index is 609. The fraction of sp³-hybridized carbons (Fsp3) is 0.333. The highest BCUT2D eigenvalue weighted by Crippen LogP contribution is 2.28. The zero-order valence-electron chi connectivity index (χ0n) is 11.2. The number of benzene rings is 1. The SMILES string of the molecule is C=C(C)C1COC=C1CS(=O)(=O)c1ccc(C)cc1. The predicted molar refractivity (Wildman–Crippen MR) is 75.6 cm³/mol. The van der Waals surface area contributed by atoms with Crippen LogP contribution in [0.15, 0.2) is 53.1 Å². The fourth-order valence-electron chi connectivity index (χ4n) is 2.08. The molecule has 1 atom stereocenters. The monoisotopic (exact) mass is 278 g/mol. The number of hydrogen-bond donors (Lipinski definition) is 0. The van der Waals surface area contributed by atoms with Crippen LogP contribution in [0.25, 0.3) is 0 Å². The van der Waals surface area contributed by atoms with Crippen molar-refractivity contribution in [3.8, 4) is 0 Å². The van der Waals surface area contributed by atoms with Crippen molar-refractivity contribution in [2.45, 2.75) is 18.7 Å². The Hall–Kier alpha value is -1.55. The standard InChI is InChI=1S/C15H18O3S/c1-11(2)15-9-18-8-13(15)10-19(16,17)14-6-4-12(3)5-7-14/h4-8,15H,1,9-10H2,2-3H3. The highest BCUT2D eigenvalue weighted by Gasteiger charge is 2.27. The van der Waals surface area contributed by atoms with Crippen LogP contribution in [0, 0.1) is 12.8 Å². The molecule has 1 aromatic rings. The third kappa shape index (κ3) is 3.07. The maximum absolute atomic E-state index is 12.3. The van der Waals surface area contributed by atoms with Crippen LogP contribution in [0.3, 0.4) is 0 Å². The summed E-state index contributed by atoms with van der Waals surface area (Å²) in [4.78, 5) is 0.353. The van der Waals surface area contributed by atoms with Gasteiger partial charge < -0.3 is 4.74 Å². The van der Waals surface area contributed by atoms with Gasteiger partial charge in [-0.25, -0.2) is 8.42 Å². The molecule has 4 heteroatoms. The molecule has 1 aromatic carbocycles. The van der Waals surface area contributed by atoms with Crippen LogP contribution in [0.1, 0.15) is 12.5 Å². The van der Waals surface area contributed by atoms with Crippen LogP contribution in [-0.4, -0.2) is 20.8 Å². The van der Waals surface area contributed by atoms with Crippen molar-refractivity contribution in [3.05, 3.63) is 53.8 Å². The molecule has 1 heterocycles. The first kappa shape index (κ1) is 13.9. The normalized spacial score (nSPS) is 18.8. The third-order valence-electron chi connectivity index (χ3n) is 3.28. The summed E-state index contributed by atoms with van der Waals surface area (Å²) < 4.78 is 29.9. The minimum Gasteiger partial charge on any atom is -0.500 e. The van der Waals surface area contributed by atoms with Gasteiger partial charge in [0.2, 0.25) is 0 Å². The molecular weight excluding hydrogens is 260 g/mol. The van der Waals surface area contributed by atoms with E-state index in [-0.39, 0.29) is 11.7 Å². The van der Waals surface area contributed by atoms with E-state index in [0.717, 1.165) is 16.7 Å². The van der Waals surface area contributed by atoms with Gasteiger partial charge in [-0.05, 0) is 31.6 Å². The van der Waals surface area contributed by atoms with Crippen molar-refractivity contribution in [2.24, 2.45) is 5.92 Å². The Balaban J connectivity index is 2.22. The van der Waals surface area contributed by atoms with Crippen LogP contribution in [-0.2, 0) is 14.6 Å². The van der Waals surface area contributed by atoms with Gasteiger partial charge in [-0.15, -0.1) is 0 Å². The minimum atomic E-state index is -3.32. The van der Waals surface area contributed by atoms with E-state index in [9.17, 15) is 8.42 Å². The van der Waals surface area contributed by atoms with E-state index in [0.29, 0.717) is 11.5 Å². The summed E-state index contributed by atoms with van der Waals surface area (Å²) in [7, 11) is -3.32. The summed E-state index contributed by atoms with van der Waals surface area (Å²) in [5.41, 5.74) is 2.76. The van der Waals surface area contributed by atoms with Gasteiger partial charge in [0.1, 0.15) is 0 Å². The second kappa shape index (κ2) is 5.21. The predicted octanol–water partition coefficient (Wildman–Crippen LogP) is 2.88. The van der Waals surface area contributed by atoms with E-state index >= 15 is 0 Å². The first-order valence-corrected chi connectivity index (χ1v) is 7.81. The molecule has 0 aromatic heterocycles. The average Bonchev–Trinajstić information content (AvgIpc) is 2.77. The number of aryl methyl sites for hydroxylation is 1. The molecule has 102 valence electrons. The molecule has 1 unspecified atom stereocenters. The molecule has 19 heavy (non-hydrogen) atoms. The van der Waals surface area contributed by atoms with Crippen molar-refractivity contribution >= 4 is 9.84 Å². The van der Waals surface area contributed by atoms with E-state index in [2.05, 4.69) is 6.58 Å². The highest BCUT2D eigenvalue weighted by molar-refractivity contribution is 7.91. The molecule has 0 fully saturated rings. The largest absolute Gasteiger partial charge is 0.500 e. The molecule has 3 nitrogen and oxygen atoms in total. The first-order valence-electron chi connectivity index (χ1n) is 6.15. The van der Waals surface area contributed by atoms with Crippen LogP contribution >= 0.6 is 0 Å². The number of ether oxygens (including phenoxy) is 1. The number of sulfone groups is 1. The Kier molecular flexibility index (Phi) is 3.80. The van der Waals surface area contributed by atoms with Gasteiger partial charge in [-0.2, -0.15) is 0 Å². The molecule has 2 rings (SSSR count). The van der Waals surface area contributed by atoms with Crippen LogP contribution in [0.4, 0.5) is 0 Å². The zero-order chi connectivity index (χ0) is 14.0. The molecule has 0 aliphatic carbocycles. The first-order chi connectivity index (χ1) is 8.90. The van der Waals surface area contributed by atoms with Gasteiger partial charge in [0.05, 0.1) is 23.5 Å². The van der Waals surface area contributed by atoms with Gasteiger partial charge in [-0.1, -0.05) is 29.8 Å². The lowest BCUT2D eigenvalue weighted by Crippen LogP contribution is -2.15. The summed E-state index contributed by atoms with van der Waals surface area (Å²) in [6, 6.07) is 6.92. The molecule has 0 bridgehead atoms. The molecule has 0 amide bonds. The van der Waals surface area contributed by atoms with E-state index < -0.39 is 9.84 Å². The maximum Gasteiger partial charge on any atom is 0.182 e. The molecule has 0 saturated heterocycles. The molecule has 1 aliphatic rings. The van der Waals surface area contributed by atoms with Crippen molar-refractivity contribution in [1.29, 1.82) is 0 Å². The smallest absolute Gasteiger partial charge is 0.182 e. The molecule has 0 saturated carbocycles. The summed E-state index contributed by atoms with van der Waals surface area (Å²) >= 11 is 0. The van der Waals surface area contributed by atoms with Gasteiger partial charge in [0, 0.05) is 5.92 Å². The average molecular weight is 278 g/mol. The Labute approximate surface area is 114 Å². The Morgan fingerprint density at radius 1 is 1.37 bits per heavy atom. The molecule has 0 N–H and O–H groups in total. The number of rotatable bonds is 4. The highest BCUT2D eigenvalue weighted by atomic mass is 32.2. The van der Waals surface area contributed by atoms with Gasteiger partial charge in [0.15, 0.2) is 9.84 Å². The van der Waals surface area contributed by atoms with Crippen molar-refractivity contribution < 1.29 is 13.2 Å². The summed E-state index contributed by atoms with van der Waals surface area (Å²) in [5, 5.41) is 0. The molecule has 0 spiro atoms. The lowest BCUT2D eigenvalue weighted by atomic mass is 9.97. The zero-order valence-corrected chi connectivity index (χ0v) is 12.0. The van der Waals surface area contributed by atoms with Crippen molar-refractivity contribution in [2.75, 3.05) is 12.4 Å². The lowest BCUT2D eigenvalue weighted by Gasteiger charge is -2.12. The summed E-state index contributed by atoms with van der Waals surface area (Å²) in [5.74, 6) is 0.00773. The van der Waals surface area contributed by atoms with E-state index in [1.54, 1.807) is 18.4 Å². The molecule has 1 aliphatic heterocycles. The number of hydrogen-bond acceptors (Lipinski definition) is 3. The Morgan fingerprint density at radius 2 is 2.00 bits per heavy atom.